The number of benzene rings is 1. The lowest BCUT2D eigenvalue weighted by molar-refractivity contribution is 0.293. The number of rotatable bonds is 5. The lowest BCUT2D eigenvalue weighted by Crippen LogP contribution is -2.12. The molecule has 0 spiro atoms. The Morgan fingerprint density at radius 1 is 1.40 bits per heavy atom. The van der Waals surface area contributed by atoms with Crippen LogP contribution in [0.25, 0.3) is 0 Å². The zero-order valence-electron chi connectivity index (χ0n) is 10.8. The van der Waals surface area contributed by atoms with Crippen LogP contribution in [0.15, 0.2) is 41.0 Å². The molecule has 6 heteroatoms. The van der Waals surface area contributed by atoms with Gasteiger partial charge >= 0.3 is 0 Å². The van der Waals surface area contributed by atoms with Crippen molar-refractivity contribution in [3.63, 3.8) is 0 Å². The Labute approximate surface area is 131 Å². The predicted molar refractivity (Wildman–Crippen MR) is 85.2 cm³/mol. The fourth-order valence-electron chi connectivity index (χ4n) is 1.69. The highest BCUT2D eigenvalue weighted by Crippen LogP contribution is 2.25. The van der Waals surface area contributed by atoms with E-state index in [0.717, 1.165) is 10.0 Å². The monoisotopic (exact) mass is 352 g/mol. The van der Waals surface area contributed by atoms with E-state index in [1.165, 1.54) is 0 Å². The Morgan fingerprint density at radius 2 is 2.20 bits per heavy atom. The summed E-state index contributed by atoms with van der Waals surface area (Å²) in [6.07, 6.45) is 1.67. The van der Waals surface area contributed by atoms with Gasteiger partial charge in [0, 0.05) is 10.7 Å². The minimum absolute atomic E-state index is 0.291. The number of nitrogens with zero attached hydrogens (tertiary/aromatic N) is 1. The topological polar surface area (TPSA) is 57.4 Å². The first-order valence-electron chi connectivity index (χ1n) is 5.82. The van der Waals surface area contributed by atoms with E-state index in [1.54, 1.807) is 13.3 Å². The number of halogens is 1. The molecule has 2 aromatic rings. The van der Waals surface area contributed by atoms with E-state index >= 15 is 0 Å². The van der Waals surface area contributed by atoms with Gasteiger partial charge in [0.1, 0.15) is 17.3 Å². The standard InChI is InChI=1S/C14H13BrN2O2S/c1-18-14-9(3-2-6-17-14)8-19-12-5-4-10(15)7-11(12)13(16)20/h2-7H,8H2,1H3,(H2,16,20). The summed E-state index contributed by atoms with van der Waals surface area (Å²) in [4.78, 5) is 4.41. The molecule has 0 radical (unpaired) electrons. The molecule has 0 bridgehead atoms. The lowest BCUT2D eigenvalue weighted by atomic mass is 10.2. The molecular weight excluding hydrogens is 340 g/mol. The Kier molecular flexibility index (Phi) is 4.92. The van der Waals surface area contributed by atoms with E-state index in [0.29, 0.717) is 28.8 Å². The van der Waals surface area contributed by atoms with Crippen LogP contribution < -0.4 is 15.2 Å². The van der Waals surface area contributed by atoms with Crippen LogP contribution in [0.3, 0.4) is 0 Å². The van der Waals surface area contributed by atoms with Gasteiger partial charge in [-0.25, -0.2) is 4.98 Å². The molecular formula is C14H13BrN2O2S. The molecule has 0 fully saturated rings. The molecule has 2 N–H and O–H groups in total. The second-order valence-electron chi connectivity index (χ2n) is 3.97. The Bertz CT molecular complexity index is 634. The average Bonchev–Trinajstić information content (AvgIpc) is 2.46. The minimum Gasteiger partial charge on any atom is -0.488 e. The molecule has 1 heterocycles. The van der Waals surface area contributed by atoms with Crippen molar-refractivity contribution in [2.75, 3.05) is 7.11 Å². The van der Waals surface area contributed by atoms with Gasteiger partial charge in [-0.2, -0.15) is 0 Å². The number of nitrogens with two attached hydrogens (primary N) is 1. The number of methoxy groups -OCH3 is 1. The van der Waals surface area contributed by atoms with Gasteiger partial charge in [0.15, 0.2) is 0 Å². The molecule has 0 saturated heterocycles. The van der Waals surface area contributed by atoms with Crippen molar-refractivity contribution in [3.8, 4) is 11.6 Å². The molecule has 0 unspecified atom stereocenters. The predicted octanol–water partition coefficient (Wildman–Crippen LogP) is 3.07. The smallest absolute Gasteiger partial charge is 0.219 e. The van der Waals surface area contributed by atoms with Gasteiger partial charge in [0.2, 0.25) is 5.88 Å². The number of hydrogen-bond donors (Lipinski definition) is 1. The second kappa shape index (κ2) is 6.67. The summed E-state index contributed by atoms with van der Waals surface area (Å²) in [6.45, 7) is 0.328. The third-order valence-corrected chi connectivity index (χ3v) is 3.35. The fraction of sp³-hybridized carbons (Fsp3) is 0.143. The highest BCUT2D eigenvalue weighted by atomic mass is 79.9. The summed E-state index contributed by atoms with van der Waals surface area (Å²) in [5.74, 6) is 1.17. The van der Waals surface area contributed by atoms with Gasteiger partial charge < -0.3 is 15.2 Å². The van der Waals surface area contributed by atoms with Crippen LogP contribution in [0.2, 0.25) is 0 Å². The number of thiocarbonyl (C=S) groups is 1. The second-order valence-corrected chi connectivity index (χ2v) is 5.32. The zero-order valence-corrected chi connectivity index (χ0v) is 13.2. The van der Waals surface area contributed by atoms with Crippen molar-refractivity contribution >= 4 is 33.1 Å². The van der Waals surface area contributed by atoms with Crippen molar-refractivity contribution < 1.29 is 9.47 Å². The molecule has 1 aromatic carbocycles. The molecule has 4 nitrogen and oxygen atoms in total. The summed E-state index contributed by atoms with van der Waals surface area (Å²) >= 11 is 8.41. The van der Waals surface area contributed by atoms with Crippen molar-refractivity contribution in [2.24, 2.45) is 5.73 Å². The normalized spacial score (nSPS) is 10.1. The SMILES string of the molecule is COc1ncccc1COc1ccc(Br)cc1C(N)=S. The molecule has 20 heavy (non-hydrogen) atoms. The van der Waals surface area contributed by atoms with E-state index < -0.39 is 0 Å². The van der Waals surface area contributed by atoms with Gasteiger partial charge in [0.05, 0.1) is 18.2 Å². The molecule has 0 amide bonds. The van der Waals surface area contributed by atoms with Gasteiger partial charge in [-0.1, -0.05) is 28.1 Å². The minimum atomic E-state index is 0.291. The van der Waals surface area contributed by atoms with Crippen LogP contribution in [0.5, 0.6) is 11.6 Å². The van der Waals surface area contributed by atoms with Crippen LogP contribution in [-0.4, -0.2) is 17.1 Å². The summed E-state index contributed by atoms with van der Waals surface area (Å²) in [5, 5.41) is 0. The number of pyridine rings is 1. The zero-order chi connectivity index (χ0) is 14.5. The largest absolute Gasteiger partial charge is 0.488 e. The molecule has 2 rings (SSSR count). The van der Waals surface area contributed by atoms with E-state index in [2.05, 4.69) is 20.9 Å². The average molecular weight is 353 g/mol. The van der Waals surface area contributed by atoms with Crippen molar-refractivity contribution in [2.45, 2.75) is 6.61 Å². The van der Waals surface area contributed by atoms with Gasteiger partial charge in [-0.3, -0.25) is 0 Å². The molecule has 104 valence electrons. The van der Waals surface area contributed by atoms with Crippen molar-refractivity contribution in [1.29, 1.82) is 0 Å². The summed E-state index contributed by atoms with van der Waals surface area (Å²) < 4.78 is 11.9. The maximum absolute atomic E-state index is 5.77. The van der Waals surface area contributed by atoms with E-state index in [9.17, 15) is 0 Å². The Morgan fingerprint density at radius 3 is 2.90 bits per heavy atom. The molecule has 0 aliphatic rings. The Hall–Kier alpha value is -1.66. The molecule has 1 aromatic heterocycles. The van der Waals surface area contributed by atoms with Crippen LogP contribution in [-0.2, 0) is 6.61 Å². The van der Waals surface area contributed by atoms with E-state index in [4.69, 9.17) is 27.4 Å². The van der Waals surface area contributed by atoms with Crippen LogP contribution in [0.4, 0.5) is 0 Å². The maximum atomic E-state index is 5.77. The summed E-state index contributed by atoms with van der Waals surface area (Å²) in [5.41, 5.74) is 7.25. The van der Waals surface area contributed by atoms with E-state index in [-0.39, 0.29) is 0 Å². The summed E-state index contributed by atoms with van der Waals surface area (Å²) in [6, 6.07) is 9.25. The Balaban J connectivity index is 2.21. The third-order valence-electron chi connectivity index (χ3n) is 2.63. The van der Waals surface area contributed by atoms with Crippen LogP contribution in [0.1, 0.15) is 11.1 Å². The summed E-state index contributed by atoms with van der Waals surface area (Å²) in [7, 11) is 1.58. The molecule has 0 saturated carbocycles. The quantitative estimate of drug-likeness (QED) is 0.838. The first kappa shape index (κ1) is 14.7. The maximum Gasteiger partial charge on any atom is 0.219 e. The van der Waals surface area contributed by atoms with Crippen molar-refractivity contribution in [3.05, 3.63) is 52.1 Å². The van der Waals surface area contributed by atoms with Crippen LogP contribution in [0, 0.1) is 0 Å². The highest BCUT2D eigenvalue weighted by molar-refractivity contribution is 9.10. The number of hydrogen-bond acceptors (Lipinski definition) is 4. The molecule has 0 aliphatic carbocycles. The fourth-order valence-corrected chi connectivity index (χ4v) is 2.21. The first-order valence-corrected chi connectivity index (χ1v) is 7.02. The third kappa shape index (κ3) is 3.46. The molecule has 0 aliphatic heterocycles. The van der Waals surface area contributed by atoms with Gasteiger partial charge in [0.25, 0.3) is 0 Å². The first-order chi connectivity index (χ1) is 9.61. The van der Waals surface area contributed by atoms with Gasteiger partial charge in [-0.15, -0.1) is 0 Å². The van der Waals surface area contributed by atoms with Gasteiger partial charge in [-0.05, 0) is 30.3 Å². The number of aromatic nitrogens is 1. The van der Waals surface area contributed by atoms with Crippen molar-refractivity contribution in [1.82, 2.24) is 4.98 Å². The number of ether oxygens (including phenoxy) is 2. The highest BCUT2D eigenvalue weighted by Gasteiger charge is 2.09. The van der Waals surface area contributed by atoms with E-state index in [1.807, 2.05) is 30.3 Å². The molecule has 0 atom stereocenters. The lowest BCUT2D eigenvalue weighted by Gasteiger charge is -2.12. The van der Waals surface area contributed by atoms with Crippen LogP contribution >= 0.6 is 28.1 Å².